The predicted octanol–water partition coefficient (Wildman–Crippen LogP) is 4.80. The van der Waals surface area contributed by atoms with Crippen molar-refractivity contribution in [3.05, 3.63) is 94.5 Å². The normalized spacial score (nSPS) is 10.6. The molecule has 4 rings (SSSR count). The summed E-state index contributed by atoms with van der Waals surface area (Å²) in [6.45, 7) is 0.643. The van der Waals surface area contributed by atoms with Crippen molar-refractivity contribution in [2.24, 2.45) is 0 Å². The number of imidazole rings is 1. The van der Waals surface area contributed by atoms with E-state index in [2.05, 4.69) is 32.3 Å². The minimum Gasteiger partial charge on any atom is -0.332 e. The molecule has 144 valence electrons. The molecule has 3 aromatic carbocycles. The Labute approximate surface area is 172 Å². The fourth-order valence-electron chi connectivity index (χ4n) is 3.03. The fraction of sp³-hybridized carbons (Fsp3) is 0.0476. The Morgan fingerprint density at radius 1 is 0.966 bits per heavy atom. The fourth-order valence-corrected chi connectivity index (χ4v) is 3.24. The highest BCUT2D eigenvalue weighted by Gasteiger charge is 2.12. The van der Waals surface area contributed by atoms with Crippen LogP contribution in [-0.4, -0.2) is 19.6 Å². The average Bonchev–Trinajstić information content (AvgIpc) is 3.06. The number of para-hydroxylation sites is 2. The van der Waals surface area contributed by atoms with Gasteiger partial charge in [-0.1, -0.05) is 42.5 Å². The average molecular weight is 403 g/mol. The third kappa shape index (κ3) is 4.22. The Balaban J connectivity index is 1.57. The summed E-state index contributed by atoms with van der Waals surface area (Å²) in [6, 6.07) is 24.1. The number of nitro benzene ring substituents is 1. The molecule has 0 aliphatic heterocycles. The second kappa shape index (κ2) is 8.07. The van der Waals surface area contributed by atoms with Gasteiger partial charge in [-0.05, 0) is 42.0 Å². The molecule has 0 amide bonds. The van der Waals surface area contributed by atoms with Gasteiger partial charge in [-0.15, -0.1) is 0 Å². The zero-order valence-electron chi connectivity index (χ0n) is 15.3. The lowest BCUT2D eigenvalue weighted by atomic mass is 10.2. The molecule has 0 saturated carbocycles. The Morgan fingerprint density at radius 3 is 2.38 bits per heavy atom. The van der Waals surface area contributed by atoms with E-state index in [1.165, 1.54) is 12.1 Å². The lowest BCUT2D eigenvalue weighted by molar-refractivity contribution is -0.384. The first-order valence-electron chi connectivity index (χ1n) is 8.92. The van der Waals surface area contributed by atoms with Crippen LogP contribution in [0.15, 0.2) is 78.9 Å². The molecule has 0 bridgehead atoms. The number of benzene rings is 3. The summed E-state index contributed by atoms with van der Waals surface area (Å²) >= 11 is 5.42. The number of nitro groups is 1. The van der Waals surface area contributed by atoms with E-state index in [0.717, 1.165) is 16.6 Å². The van der Waals surface area contributed by atoms with Gasteiger partial charge in [0, 0.05) is 17.8 Å². The van der Waals surface area contributed by atoms with Crippen LogP contribution in [0.2, 0.25) is 0 Å². The maximum Gasteiger partial charge on any atom is 0.269 e. The summed E-state index contributed by atoms with van der Waals surface area (Å²) in [5.74, 6) is 0.620. The molecule has 0 radical (unpaired) electrons. The summed E-state index contributed by atoms with van der Waals surface area (Å²) in [5.41, 5.74) is 3.69. The van der Waals surface area contributed by atoms with E-state index in [1.54, 1.807) is 12.1 Å². The molecule has 0 aliphatic carbocycles. The molecule has 0 saturated heterocycles. The zero-order chi connectivity index (χ0) is 20.2. The van der Waals surface area contributed by atoms with E-state index in [4.69, 9.17) is 12.2 Å². The van der Waals surface area contributed by atoms with E-state index in [-0.39, 0.29) is 5.69 Å². The number of anilines is 2. The molecule has 0 unspecified atom stereocenters. The smallest absolute Gasteiger partial charge is 0.269 e. The number of thiocarbonyl (C=S) groups is 1. The Bertz CT molecular complexity index is 1170. The van der Waals surface area contributed by atoms with Crippen LogP contribution in [0, 0.1) is 10.1 Å². The van der Waals surface area contributed by atoms with Crippen LogP contribution in [0.5, 0.6) is 0 Å². The number of nitrogens with one attached hydrogen (secondary N) is 2. The van der Waals surface area contributed by atoms with Gasteiger partial charge in [-0.2, -0.15) is 0 Å². The van der Waals surface area contributed by atoms with Crippen molar-refractivity contribution >= 4 is 45.7 Å². The maximum atomic E-state index is 10.8. The van der Waals surface area contributed by atoms with E-state index < -0.39 is 4.92 Å². The van der Waals surface area contributed by atoms with Gasteiger partial charge in [0.25, 0.3) is 5.69 Å². The molecule has 0 atom stereocenters. The van der Waals surface area contributed by atoms with Gasteiger partial charge >= 0.3 is 0 Å². The summed E-state index contributed by atoms with van der Waals surface area (Å²) in [5, 5.41) is 17.3. The molecule has 8 heteroatoms. The standard InChI is InChI=1S/C21H17N5O2S/c27-26(28)17-12-10-16(11-13-17)22-21(29)24-20-23-18-8-4-5-9-19(18)25(20)14-15-6-2-1-3-7-15/h1-13H,14H2,(H2,22,23,24,29). The van der Waals surface area contributed by atoms with Gasteiger partial charge in [-0.25, -0.2) is 4.98 Å². The highest BCUT2D eigenvalue weighted by atomic mass is 32.1. The number of rotatable bonds is 5. The third-order valence-corrected chi connectivity index (χ3v) is 4.60. The number of hydrogen-bond donors (Lipinski definition) is 2. The van der Waals surface area contributed by atoms with Gasteiger partial charge < -0.3 is 15.2 Å². The van der Waals surface area contributed by atoms with E-state index in [0.29, 0.717) is 23.3 Å². The van der Waals surface area contributed by atoms with Crippen molar-refractivity contribution in [2.45, 2.75) is 6.54 Å². The largest absolute Gasteiger partial charge is 0.332 e. The minimum absolute atomic E-state index is 0.0269. The summed E-state index contributed by atoms with van der Waals surface area (Å²) in [6.07, 6.45) is 0. The van der Waals surface area contributed by atoms with E-state index in [1.807, 2.05) is 42.5 Å². The molecule has 29 heavy (non-hydrogen) atoms. The highest BCUT2D eigenvalue weighted by molar-refractivity contribution is 7.80. The number of fused-ring (bicyclic) bond motifs is 1. The quantitative estimate of drug-likeness (QED) is 0.283. The van der Waals surface area contributed by atoms with E-state index in [9.17, 15) is 10.1 Å². The lowest BCUT2D eigenvalue weighted by Crippen LogP contribution is -2.21. The van der Waals surface area contributed by atoms with Crippen molar-refractivity contribution in [3.63, 3.8) is 0 Å². The van der Waals surface area contributed by atoms with Crippen LogP contribution >= 0.6 is 12.2 Å². The van der Waals surface area contributed by atoms with Gasteiger partial charge in [0.05, 0.1) is 22.5 Å². The molecule has 0 aliphatic rings. The number of non-ortho nitro benzene ring substituents is 1. The third-order valence-electron chi connectivity index (χ3n) is 4.40. The van der Waals surface area contributed by atoms with Crippen LogP contribution in [0.4, 0.5) is 17.3 Å². The molecule has 0 spiro atoms. The van der Waals surface area contributed by atoms with Crippen molar-refractivity contribution in [1.29, 1.82) is 0 Å². The first kappa shape index (κ1) is 18.6. The lowest BCUT2D eigenvalue weighted by Gasteiger charge is -2.13. The van der Waals surface area contributed by atoms with Crippen molar-refractivity contribution in [1.82, 2.24) is 9.55 Å². The molecular formula is C21H17N5O2S. The van der Waals surface area contributed by atoms with Crippen LogP contribution in [0.25, 0.3) is 11.0 Å². The van der Waals surface area contributed by atoms with Crippen molar-refractivity contribution in [3.8, 4) is 0 Å². The Morgan fingerprint density at radius 2 is 1.66 bits per heavy atom. The number of nitrogens with zero attached hydrogens (tertiary/aromatic N) is 3. The topological polar surface area (TPSA) is 85.0 Å². The summed E-state index contributed by atoms with van der Waals surface area (Å²) in [7, 11) is 0. The first-order valence-corrected chi connectivity index (χ1v) is 9.32. The molecule has 1 heterocycles. The number of hydrogen-bond acceptors (Lipinski definition) is 4. The summed E-state index contributed by atoms with van der Waals surface area (Å²) < 4.78 is 2.06. The molecule has 2 N–H and O–H groups in total. The number of aromatic nitrogens is 2. The SMILES string of the molecule is O=[N+]([O-])c1ccc(NC(=S)Nc2nc3ccccc3n2Cc2ccccc2)cc1. The van der Waals surface area contributed by atoms with Gasteiger partial charge in [0.2, 0.25) is 5.95 Å². The van der Waals surface area contributed by atoms with Crippen LogP contribution in [-0.2, 0) is 6.54 Å². The minimum atomic E-state index is -0.438. The zero-order valence-corrected chi connectivity index (χ0v) is 16.1. The van der Waals surface area contributed by atoms with Crippen LogP contribution < -0.4 is 10.6 Å². The maximum absolute atomic E-state index is 10.8. The van der Waals surface area contributed by atoms with Crippen molar-refractivity contribution in [2.75, 3.05) is 10.6 Å². The summed E-state index contributed by atoms with van der Waals surface area (Å²) in [4.78, 5) is 15.0. The predicted molar refractivity (Wildman–Crippen MR) is 118 cm³/mol. The van der Waals surface area contributed by atoms with Crippen LogP contribution in [0.1, 0.15) is 5.56 Å². The molecule has 4 aromatic rings. The second-order valence-corrected chi connectivity index (χ2v) is 6.79. The van der Waals surface area contributed by atoms with Gasteiger partial charge in [0.15, 0.2) is 5.11 Å². The Kier molecular flexibility index (Phi) is 5.17. The molecular weight excluding hydrogens is 386 g/mol. The second-order valence-electron chi connectivity index (χ2n) is 6.38. The van der Waals surface area contributed by atoms with E-state index >= 15 is 0 Å². The molecule has 1 aromatic heterocycles. The molecule has 7 nitrogen and oxygen atoms in total. The first-order chi connectivity index (χ1) is 14.1. The monoisotopic (exact) mass is 403 g/mol. The van der Waals surface area contributed by atoms with Gasteiger partial charge in [0.1, 0.15) is 0 Å². The molecule has 0 fully saturated rings. The Hall–Kier alpha value is -3.78. The highest BCUT2D eigenvalue weighted by Crippen LogP contribution is 2.22. The van der Waals surface area contributed by atoms with Crippen LogP contribution in [0.3, 0.4) is 0 Å². The van der Waals surface area contributed by atoms with Crippen molar-refractivity contribution < 1.29 is 4.92 Å². The van der Waals surface area contributed by atoms with Gasteiger partial charge in [-0.3, -0.25) is 10.1 Å².